The number of aliphatic carboxylic acids is 1. The lowest BCUT2D eigenvalue weighted by molar-refractivity contribution is -0.188. The molecule has 2 aliphatic rings. The van der Waals surface area contributed by atoms with Crippen molar-refractivity contribution in [2.24, 2.45) is 11.8 Å². The summed E-state index contributed by atoms with van der Waals surface area (Å²) in [5, 5.41) is 13.9. The molecular weight excluding hydrogens is 355 g/mol. The van der Waals surface area contributed by atoms with Crippen LogP contribution in [0, 0.1) is 11.8 Å². The van der Waals surface area contributed by atoms with Crippen molar-refractivity contribution in [3.8, 4) is 0 Å². The highest BCUT2D eigenvalue weighted by molar-refractivity contribution is 5.97. The molecule has 3 amide bonds. The number of alkyl halides is 3. The number of urea groups is 1. The molecule has 26 heavy (non-hydrogen) atoms. The van der Waals surface area contributed by atoms with Gasteiger partial charge in [-0.15, -0.1) is 0 Å². The van der Waals surface area contributed by atoms with Gasteiger partial charge in [-0.05, 0) is 19.8 Å². The fourth-order valence-corrected chi connectivity index (χ4v) is 3.58. The van der Waals surface area contributed by atoms with Crippen molar-refractivity contribution < 1.29 is 32.7 Å². The summed E-state index contributed by atoms with van der Waals surface area (Å²) in [7, 11) is 0. The fourth-order valence-electron chi connectivity index (χ4n) is 3.58. The van der Waals surface area contributed by atoms with Gasteiger partial charge < -0.3 is 10.4 Å². The molecule has 1 unspecified atom stereocenters. The van der Waals surface area contributed by atoms with Crippen molar-refractivity contribution in [3.05, 3.63) is 0 Å². The first-order valence-corrected chi connectivity index (χ1v) is 8.74. The molecule has 0 radical (unpaired) electrons. The number of imide groups is 1. The second-order valence-electron chi connectivity index (χ2n) is 7.02. The second kappa shape index (κ2) is 8.24. The molecule has 2 rings (SSSR count). The van der Waals surface area contributed by atoms with E-state index in [0.29, 0.717) is 0 Å². The standard InChI is InChI=1S/C16H24F3N3O4/c1-9(13(23)21-15(26)20-10-5-3-2-4-6-10)22-7-11(14(24)25)12(8-22)16(17,18)19/h9-12H,2-8H2,1H3,(H,24,25)(H2,20,21,23,26)/t9?,11-,12-/m1/s1. The average Bonchev–Trinajstić information content (AvgIpc) is 3.00. The zero-order valence-electron chi connectivity index (χ0n) is 14.5. The molecule has 1 aliphatic heterocycles. The second-order valence-corrected chi connectivity index (χ2v) is 7.02. The number of carboxylic acids is 1. The van der Waals surface area contributed by atoms with Gasteiger partial charge in [0.1, 0.15) is 0 Å². The van der Waals surface area contributed by atoms with Gasteiger partial charge in [-0.3, -0.25) is 19.8 Å². The minimum atomic E-state index is -4.66. The number of carboxylic acid groups (broad SMARTS) is 1. The Kier molecular flexibility index (Phi) is 6.48. The number of rotatable bonds is 4. The lowest BCUT2D eigenvalue weighted by Gasteiger charge is -2.25. The van der Waals surface area contributed by atoms with E-state index >= 15 is 0 Å². The number of amides is 3. The van der Waals surface area contributed by atoms with E-state index in [-0.39, 0.29) is 6.04 Å². The van der Waals surface area contributed by atoms with E-state index in [4.69, 9.17) is 5.11 Å². The Morgan fingerprint density at radius 3 is 2.23 bits per heavy atom. The van der Waals surface area contributed by atoms with Crippen LogP contribution in [0.2, 0.25) is 0 Å². The highest BCUT2D eigenvalue weighted by Crippen LogP contribution is 2.38. The highest BCUT2D eigenvalue weighted by Gasteiger charge is 2.53. The number of nitrogens with one attached hydrogen (secondary N) is 2. The number of carbonyl (C=O) groups excluding carboxylic acids is 2. The van der Waals surface area contributed by atoms with Gasteiger partial charge in [-0.25, -0.2) is 4.79 Å². The van der Waals surface area contributed by atoms with Crippen LogP contribution in [-0.2, 0) is 9.59 Å². The van der Waals surface area contributed by atoms with Crippen molar-refractivity contribution in [3.63, 3.8) is 0 Å². The number of hydrogen-bond acceptors (Lipinski definition) is 4. The van der Waals surface area contributed by atoms with Crippen molar-refractivity contribution in [1.82, 2.24) is 15.5 Å². The molecule has 1 heterocycles. The summed E-state index contributed by atoms with van der Waals surface area (Å²) in [6.45, 7) is 0.387. The van der Waals surface area contributed by atoms with E-state index in [1.807, 2.05) is 0 Å². The zero-order valence-corrected chi connectivity index (χ0v) is 14.5. The van der Waals surface area contributed by atoms with Gasteiger partial charge >= 0.3 is 18.2 Å². The maximum atomic E-state index is 13.0. The Morgan fingerprint density at radius 2 is 1.73 bits per heavy atom. The van der Waals surface area contributed by atoms with E-state index in [2.05, 4.69) is 10.6 Å². The fraction of sp³-hybridized carbons (Fsp3) is 0.812. The Bertz CT molecular complexity index is 549. The molecule has 0 aromatic rings. The monoisotopic (exact) mass is 379 g/mol. The highest BCUT2D eigenvalue weighted by atomic mass is 19.4. The van der Waals surface area contributed by atoms with Crippen LogP contribution in [0.1, 0.15) is 39.0 Å². The summed E-state index contributed by atoms with van der Waals surface area (Å²) in [6.07, 6.45) is 0.104. The summed E-state index contributed by atoms with van der Waals surface area (Å²) in [4.78, 5) is 36.3. The minimum Gasteiger partial charge on any atom is -0.481 e. The largest absolute Gasteiger partial charge is 0.481 e. The summed E-state index contributed by atoms with van der Waals surface area (Å²) in [5.41, 5.74) is 0. The summed E-state index contributed by atoms with van der Waals surface area (Å²) in [5.74, 6) is -5.95. The Morgan fingerprint density at radius 1 is 1.12 bits per heavy atom. The van der Waals surface area contributed by atoms with Gasteiger partial charge in [0.25, 0.3) is 0 Å². The molecule has 0 aromatic heterocycles. The maximum Gasteiger partial charge on any atom is 0.393 e. The third-order valence-electron chi connectivity index (χ3n) is 5.19. The van der Waals surface area contributed by atoms with Gasteiger partial charge in [0.2, 0.25) is 5.91 Å². The van der Waals surface area contributed by atoms with Gasteiger partial charge in [0, 0.05) is 19.1 Å². The van der Waals surface area contributed by atoms with Gasteiger partial charge in [-0.2, -0.15) is 13.2 Å². The number of nitrogens with zero attached hydrogens (tertiary/aromatic N) is 1. The smallest absolute Gasteiger partial charge is 0.393 e. The Hall–Kier alpha value is -1.84. The Balaban J connectivity index is 1.90. The van der Waals surface area contributed by atoms with Crippen molar-refractivity contribution in [2.75, 3.05) is 13.1 Å². The summed E-state index contributed by atoms with van der Waals surface area (Å²) >= 11 is 0. The average molecular weight is 379 g/mol. The third-order valence-corrected chi connectivity index (χ3v) is 5.19. The first-order chi connectivity index (χ1) is 12.1. The van der Waals surface area contributed by atoms with Crippen molar-refractivity contribution in [1.29, 1.82) is 0 Å². The number of carbonyl (C=O) groups is 3. The first kappa shape index (κ1) is 20.5. The summed E-state index contributed by atoms with van der Waals surface area (Å²) < 4.78 is 39.1. The molecule has 0 spiro atoms. The molecule has 3 N–H and O–H groups in total. The minimum absolute atomic E-state index is 0.00959. The molecule has 2 fully saturated rings. The van der Waals surface area contributed by atoms with Gasteiger partial charge in [0.05, 0.1) is 17.9 Å². The van der Waals surface area contributed by atoms with Crippen molar-refractivity contribution in [2.45, 2.75) is 57.3 Å². The molecule has 10 heteroatoms. The van der Waals surface area contributed by atoms with E-state index < -0.39 is 55.1 Å². The van der Waals surface area contributed by atoms with Crippen LogP contribution in [0.5, 0.6) is 0 Å². The van der Waals surface area contributed by atoms with Gasteiger partial charge in [0.15, 0.2) is 0 Å². The normalized spacial score (nSPS) is 26.3. The lowest BCUT2D eigenvalue weighted by atomic mass is 9.96. The third kappa shape index (κ3) is 5.09. The van der Waals surface area contributed by atoms with E-state index in [1.54, 1.807) is 0 Å². The molecule has 1 saturated heterocycles. The van der Waals surface area contributed by atoms with Crippen LogP contribution in [0.15, 0.2) is 0 Å². The van der Waals surface area contributed by atoms with Crippen LogP contribution >= 0.6 is 0 Å². The van der Waals surface area contributed by atoms with E-state index in [0.717, 1.165) is 37.0 Å². The van der Waals surface area contributed by atoms with E-state index in [9.17, 15) is 27.6 Å². The predicted octanol–water partition coefficient (Wildman–Crippen LogP) is 1.73. The van der Waals surface area contributed by atoms with Crippen LogP contribution in [-0.4, -0.2) is 59.3 Å². The number of likely N-dealkylation sites (tertiary alicyclic amines) is 1. The molecule has 0 aromatic carbocycles. The maximum absolute atomic E-state index is 13.0. The predicted molar refractivity (Wildman–Crippen MR) is 85.3 cm³/mol. The van der Waals surface area contributed by atoms with E-state index in [1.165, 1.54) is 6.92 Å². The van der Waals surface area contributed by atoms with Crippen molar-refractivity contribution >= 4 is 17.9 Å². The molecule has 1 aliphatic carbocycles. The quantitative estimate of drug-likeness (QED) is 0.691. The van der Waals surface area contributed by atoms with Crippen LogP contribution in [0.3, 0.4) is 0 Å². The molecule has 7 nitrogen and oxygen atoms in total. The number of halogens is 3. The number of hydrogen-bond donors (Lipinski definition) is 3. The molecular formula is C16H24F3N3O4. The molecule has 148 valence electrons. The molecule has 0 bridgehead atoms. The molecule has 3 atom stereocenters. The lowest BCUT2D eigenvalue weighted by Crippen LogP contribution is -2.51. The first-order valence-electron chi connectivity index (χ1n) is 8.74. The van der Waals surface area contributed by atoms with Crippen LogP contribution in [0.25, 0.3) is 0 Å². The topological polar surface area (TPSA) is 98.7 Å². The van der Waals surface area contributed by atoms with Crippen LogP contribution < -0.4 is 10.6 Å². The SMILES string of the molecule is CC(C(=O)NC(=O)NC1CCCCC1)N1C[C@@H](C(F)(F)F)[C@H](C(=O)O)C1. The summed E-state index contributed by atoms with van der Waals surface area (Å²) in [6, 6.07) is -1.72. The zero-order chi connectivity index (χ0) is 19.5. The Labute approximate surface area is 149 Å². The van der Waals surface area contributed by atoms with Crippen LogP contribution in [0.4, 0.5) is 18.0 Å². The van der Waals surface area contributed by atoms with Gasteiger partial charge in [-0.1, -0.05) is 19.3 Å². The molecule has 1 saturated carbocycles.